The normalized spacial score (nSPS) is 23.4. The van der Waals surface area contributed by atoms with Crippen LogP contribution in [0.25, 0.3) is 0 Å². The van der Waals surface area contributed by atoms with Crippen LogP contribution in [0.3, 0.4) is 0 Å². The van der Waals surface area contributed by atoms with Crippen LogP contribution < -0.4 is 5.73 Å². The fraction of sp³-hybridized carbons (Fsp3) is 0.929. The molecule has 2 amide bonds. The minimum Gasteiger partial charge on any atom is -0.351 e. The number of piperazine rings is 1. The second-order valence-corrected chi connectivity index (χ2v) is 5.97. The standard InChI is InChI=1S/C14H28N4O/c1-16-7-9-17(10-8-16)11-12-18(14(15)19)13-5-3-2-4-6-13/h13H,2-12H2,1H3,(H2,15,19). The van der Waals surface area contributed by atoms with Crippen LogP contribution in [0.5, 0.6) is 0 Å². The van der Waals surface area contributed by atoms with E-state index in [1.54, 1.807) is 0 Å². The molecular formula is C14H28N4O. The molecule has 0 aromatic rings. The lowest BCUT2D eigenvalue weighted by Gasteiger charge is -2.37. The van der Waals surface area contributed by atoms with Crippen LogP contribution in [0.2, 0.25) is 0 Å². The Morgan fingerprint density at radius 2 is 1.79 bits per heavy atom. The summed E-state index contributed by atoms with van der Waals surface area (Å²) in [4.78, 5) is 18.4. The van der Waals surface area contributed by atoms with Gasteiger partial charge >= 0.3 is 6.03 Å². The quantitative estimate of drug-likeness (QED) is 0.826. The number of hydrogen-bond donors (Lipinski definition) is 1. The van der Waals surface area contributed by atoms with Gasteiger partial charge in [-0.25, -0.2) is 4.79 Å². The Morgan fingerprint density at radius 1 is 1.16 bits per heavy atom. The van der Waals surface area contributed by atoms with Crippen molar-refractivity contribution in [1.29, 1.82) is 0 Å². The van der Waals surface area contributed by atoms with Crippen molar-refractivity contribution < 1.29 is 4.79 Å². The molecule has 1 saturated heterocycles. The Labute approximate surface area is 116 Å². The van der Waals surface area contributed by atoms with E-state index < -0.39 is 0 Å². The summed E-state index contributed by atoms with van der Waals surface area (Å²) in [6.07, 6.45) is 6.05. The summed E-state index contributed by atoms with van der Waals surface area (Å²) in [7, 11) is 2.16. The first kappa shape index (κ1) is 14.6. The summed E-state index contributed by atoms with van der Waals surface area (Å²) >= 11 is 0. The molecule has 0 bridgehead atoms. The first-order valence-corrected chi connectivity index (χ1v) is 7.64. The SMILES string of the molecule is CN1CCN(CCN(C(N)=O)C2CCCCC2)CC1. The van der Waals surface area contributed by atoms with Crippen LogP contribution in [0.1, 0.15) is 32.1 Å². The van der Waals surface area contributed by atoms with Crippen LogP contribution in [0.15, 0.2) is 0 Å². The molecule has 0 unspecified atom stereocenters. The van der Waals surface area contributed by atoms with E-state index in [9.17, 15) is 4.79 Å². The van der Waals surface area contributed by atoms with E-state index >= 15 is 0 Å². The van der Waals surface area contributed by atoms with E-state index in [4.69, 9.17) is 5.73 Å². The number of primary amides is 1. The minimum absolute atomic E-state index is 0.235. The molecule has 0 aromatic heterocycles. The second-order valence-electron chi connectivity index (χ2n) is 5.97. The Balaban J connectivity index is 1.78. The highest BCUT2D eigenvalue weighted by atomic mass is 16.2. The van der Waals surface area contributed by atoms with Crippen molar-refractivity contribution in [2.45, 2.75) is 38.1 Å². The highest BCUT2D eigenvalue weighted by molar-refractivity contribution is 5.72. The van der Waals surface area contributed by atoms with Crippen LogP contribution in [0.4, 0.5) is 4.79 Å². The molecule has 0 aromatic carbocycles. The highest BCUT2D eigenvalue weighted by Crippen LogP contribution is 2.22. The first-order chi connectivity index (χ1) is 9.16. The van der Waals surface area contributed by atoms with E-state index in [0.717, 1.165) is 52.1 Å². The number of nitrogens with two attached hydrogens (primary N) is 1. The van der Waals surface area contributed by atoms with Gasteiger partial charge in [-0.15, -0.1) is 0 Å². The van der Waals surface area contributed by atoms with Crippen LogP contribution in [-0.2, 0) is 0 Å². The summed E-state index contributed by atoms with van der Waals surface area (Å²) in [5.74, 6) is 0. The first-order valence-electron chi connectivity index (χ1n) is 7.64. The molecule has 1 saturated carbocycles. The Morgan fingerprint density at radius 3 is 2.37 bits per heavy atom. The summed E-state index contributed by atoms with van der Waals surface area (Å²) in [6, 6.07) is 0.153. The number of carbonyl (C=O) groups is 1. The number of rotatable bonds is 4. The van der Waals surface area contributed by atoms with E-state index in [1.165, 1.54) is 19.3 Å². The maximum absolute atomic E-state index is 11.6. The molecule has 2 fully saturated rings. The van der Waals surface area contributed by atoms with Crippen molar-refractivity contribution >= 4 is 6.03 Å². The lowest BCUT2D eigenvalue weighted by molar-refractivity contribution is 0.120. The van der Waals surface area contributed by atoms with Gasteiger partial charge in [0.15, 0.2) is 0 Å². The molecule has 5 nitrogen and oxygen atoms in total. The fourth-order valence-electron chi connectivity index (χ4n) is 3.19. The van der Waals surface area contributed by atoms with Crippen LogP contribution in [-0.4, -0.2) is 73.1 Å². The summed E-state index contributed by atoms with van der Waals surface area (Å²) < 4.78 is 0. The Hall–Kier alpha value is -0.810. The van der Waals surface area contributed by atoms with Gasteiger partial charge in [-0.05, 0) is 19.9 Å². The fourth-order valence-corrected chi connectivity index (χ4v) is 3.19. The molecule has 2 N–H and O–H groups in total. The maximum Gasteiger partial charge on any atom is 0.315 e. The zero-order valence-corrected chi connectivity index (χ0v) is 12.2. The predicted octanol–water partition coefficient (Wildman–Crippen LogP) is 0.947. The third-order valence-corrected chi connectivity index (χ3v) is 4.55. The van der Waals surface area contributed by atoms with Gasteiger partial charge < -0.3 is 15.5 Å². The smallest absolute Gasteiger partial charge is 0.315 e. The highest BCUT2D eigenvalue weighted by Gasteiger charge is 2.24. The lowest BCUT2D eigenvalue weighted by Crippen LogP contribution is -2.51. The van der Waals surface area contributed by atoms with Gasteiger partial charge in [-0.2, -0.15) is 0 Å². The van der Waals surface area contributed by atoms with E-state index in [-0.39, 0.29) is 6.03 Å². The predicted molar refractivity (Wildman–Crippen MR) is 77.1 cm³/mol. The zero-order valence-electron chi connectivity index (χ0n) is 12.2. The van der Waals surface area contributed by atoms with Crippen molar-refractivity contribution in [2.24, 2.45) is 5.73 Å². The lowest BCUT2D eigenvalue weighted by atomic mass is 9.94. The third-order valence-electron chi connectivity index (χ3n) is 4.55. The van der Waals surface area contributed by atoms with Gasteiger partial charge in [0, 0.05) is 45.3 Å². The molecule has 1 aliphatic heterocycles. The molecular weight excluding hydrogens is 240 g/mol. The monoisotopic (exact) mass is 268 g/mol. The number of urea groups is 1. The Kier molecular flexibility index (Phi) is 5.45. The minimum atomic E-state index is -0.235. The van der Waals surface area contributed by atoms with Crippen molar-refractivity contribution in [3.63, 3.8) is 0 Å². The summed E-state index contributed by atoms with van der Waals surface area (Å²) in [6.45, 7) is 6.22. The molecule has 1 aliphatic carbocycles. The average Bonchev–Trinajstić information content (AvgIpc) is 2.42. The van der Waals surface area contributed by atoms with Crippen molar-refractivity contribution in [3.8, 4) is 0 Å². The second kappa shape index (κ2) is 7.10. The number of likely N-dealkylation sites (N-methyl/N-ethyl adjacent to an activating group) is 1. The molecule has 110 valence electrons. The maximum atomic E-state index is 11.6. The van der Waals surface area contributed by atoms with Gasteiger partial charge in [0.25, 0.3) is 0 Å². The molecule has 2 rings (SSSR count). The van der Waals surface area contributed by atoms with Gasteiger partial charge in [-0.3, -0.25) is 4.90 Å². The number of hydrogen-bond acceptors (Lipinski definition) is 3. The van der Waals surface area contributed by atoms with Crippen molar-refractivity contribution in [1.82, 2.24) is 14.7 Å². The summed E-state index contributed by atoms with van der Waals surface area (Å²) in [5, 5.41) is 0. The largest absolute Gasteiger partial charge is 0.351 e. The third kappa shape index (κ3) is 4.35. The summed E-state index contributed by atoms with van der Waals surface area (Å²) in [5.41, 5.74) is 5.57. The van der Waals surface area contributed by atoms with Crippen molar-refractivity contribution in [2.75, 3.05) is 46.3 Å². The molecule has 19 heavy (non-hydrogen) atoms. The number of carbonyl (C=O) groups excluding carboxylic acids is 1. The van der Waals surface area contributed by atoms with E-state index in [2.05, 4.69) is 16.8 Å². The topological polar surface area (TPSA) is 52.8 Å². The van der Waals surface area contributed by atoms with Crippen LogP contribution in [0, 0.1) is 0 Å². The molecule has 2 aliphatic rings. The molecule has 5 heteroatoms. The molecule has 0 atom stereocenters. The number of amides is 2. The molecule has 1 heterocycles. The Bertz CT molecular complexity index is 283. The number of nitrogens with zero attached hydrogens (tertiary/aromatic N) is 3. The van der Waals surface area contributed by atoms with Crippen LogP contribution >= 0.6 is 0 Å². The van der Waals surface area contributed by atoms with E-state index in [0.29, 0.717) is 6.04 Å². The molecule has 0 spiro atoms. The van der Waals surface area contributed by atoms with Crippen molar-refractivity contribution in [3.05, 3.63) is 0 Å². The average molecular weight is 268 g/mol. The van der Waals surface area contributed by atoms with Gasteiger partial charge in [0.1, 0.15) is 0 Å². The zero-order chi connectivity index (χ0) is 13.7. The molecule has 0 radical (unpaired) electrons. The van der Waals surface area contributed by atoms with Gasteiger partial charge in [-0.1, -0.05) is 19.3 Å². The van der Waals surface area contributed by atoms with Gasteiger partial charge in [0.05, 0.1) is 0 Å². The van der Waals surface area contributed by atoms with E-state index in [1.807, 2.05) is 4.90 Å². The van der Waals surface area contributed by atoms with Gasteiger partial charge in [0.2, 0.25) is 0 Å².